The summed E-state index contributed by atoms with van der Waals surface area (Å²) in [6, 6.07) is 1.72. The zero-order valence-corrected chi connectivity index (χ0v) is 13.1. The summed E-state index contributed by atoms with van der Waals surface area (Å²) in [5.41, 5.74) is 0.548. The van der Waals surface area contributed by atoms with Crippen LogP contribution in [0, 0.1) is 19.8 Å². The van der Waals surface area contributed by atoms with Crippen LogP contribution < -0.4 is 5.32 Å². The molecule has 1 aliphatic heterocycles. The Morgan fingerprint density at radius 2 is 2.00 bits per heavy atom. The molecule has 1 aromatic rings. The van der Waals surface area contributed by atoms with E-state index >= 15 is 0 Å². The van der Waals surface area contributed by atoms with Crippen LogP contribution in [0.15, 0.2) is 10.5 Å². The molecule has 0 aliphatic carbocycles. The summed E-state index contributed by atoms with van der Waals surface area (Å²) in [5.74, 6) is 1.99. The molecule has 0 atom stereocenters. The van der Waals surface area contributed by atoms with Crippen molar-refractivity contribution in [3.05, 3.63) is 23.2 Å². The van der Waals surface area contributed by atoms with Gasteiger partial charge in [0, 0.05) is 26.1 Å². The van der Waals surface area contributed by atoms with Crippen LogP contribution in [0.2, 0.25) is 0 Å². The second-order valence-electron chi connectivity index (χ2n) is 5.90. The van der Waals surface area contributed by atoms with Crippen molar-refractivity contribution in [3.63, 3.8) is 0 Å². The lowest BCUT2D eigenvalue weighted by molar-refractivity contribution is -0.132. The quantitative estimate of drug-likeness (QED) is 0.926. The predicted octanol–water partition coefficient (Wildman–Crippen LogP) is 2.27. The summed E-state index contributed by atoms with van der Waals surface area (Å²) in [4.78, 5) is 25.9. The highest BCUT2D eigenvalue weighted by Crippen LogP contribution is 2.16. The van der Waals surface area contributed by atoms with E-state index in [1.165, 1.54) is 0 Å². The van der Waals surface area contributed by atoms with Crippen molar-refractivity contribution in [2.75, 3.05) is 19.6 Å². The summed E-state index contributed by atoms with van der Waals surface area (Å²) < 4.78 is 5.33. The molecule has 0 saturated carbocycles. The number of carbonyl (C=O) groups excluding carboxylic acids is 2. The number of furan rings is 1. The van der Waals surface area contributed by atoms with Gasteiger partial charge in [-0.3, -0.25) is 9.59 Å². The third kappa shape index (κ3) is 4.09. The molecule has 0 aromatic carbocycles. The van der Waals surface area contributed by atoms with Crippen molar-refractivity contribution in [3.8, 4) is 0 Å². The van der Waals surface area contributed by atoms with Gasteiger partial charge in [-0.25, -0.2) is 0 Å². The van der Waals surface area contributed by atoms with Crippen LogP contribution in [0.4, 0.5) is 0 Å². The molecule has 1 aliphatic rings. The van der Waals surface area contributed by atoms with E-state index < -0.39 is 0 Å². The van der Waals surface area contributed by atoms with Crippen LogP contribution in [0.1, 0.15) is 48.1 Å². The first kappa shape index (κ1) is 15.6. The van der Waals surface area contributed by atoms with Crippen molar-refractivity contribution in [2.24, 2.45) is 5.92 Å². The van der Waals surface area contributed by atoms with E-state index in [9.17, 15) is 9.59 Å². The maximum Gasteiger partial charge on any atom is 0.254 e. The number of hydrogen-bond acceptors (Lipinski definition) is 3. The molecule has 1 fully saturated rings. The molecular formula is C16H24N2O3. The third-order valence-corrected chi connectivity index (χ3v) is 4.05. The lowest BCUT2D eigenvalue weighted by atomic mass is 9.99. The largest absolute Gasteiger partial charge is 0.466 e. The number of piperidine rings is 1. The highest BCUT2D eigenvalue weighted by Gasteiger charge is 2.20. The van der Waals surface area contributed by atoms with Gasteiger partial charge in [-0.2, -0.15) is 0 Å². The molecule has 5 heteroatoms. The Balaban J connectivity index is 1.75. The molecule has 5 nitrogen and oxygen atoms in total. The smallest absolute Gasteiger partial charge is 0.254 e. The van der Waals surface area contributed by atoms with Gasteiger partial charge in [0.05, 0.1) is 5.56 Å². The number of aryl methyl sites for hydroxylation is 2. The fourth-order valence-electron chi connectivity index (χ4n) is 2.65. The van der Waals surface area contributed by atoms with E-state index in [1.54, 1.807) is 13.0 Å². The van der Waals surface area contributed by atoms with E-state index in [-0.39, 0.29) is 11.8 Å². The van der Waals surface area contributed by atoms with Crippen molar-refractivity contribution in [2.45, 2.75) is 40.0 Å². The lowest BCUT2D eigenvalue weighted by Crippen LogP contribution is -2.39. The number of nitrogens with zero attached hydrogens (tertiary/aromatic N) is 1. The van der Waals surface area contributed by atoms with Crippen molar-refractivity contribution < 1.29 is 14.0 Å². The topological polar surface area (TPSA) is 62.6 Å². The third-order valence-electron chi connectivity index (χ3n) is 4.05. The summed E-state index contributed by atoms with van der Waals surface area (Å²) >= 11 is 0. The fraction of sp³-hybridized carbons (Fsp3) is 0.625. The van der Waals surface area contributed by atoms with Crippen molar-refractivity contribution >= 4 is 11.8 Å². The Kier molecular flexibility index (Phi) is 5.04. The second kappa shape index (κ2) is 6.78. The molecular weight excluding hydrogens is 268 g/mol. The van der Waals surface area contributed by atoms with Crippen LogP contribution >= 0.6 is 0 Å². The standard InChI is InChI=1S/C16H24N2O3/c1-11-5-8-18(9-6-11)15(19)4-7-17-16(20)14-10-12(2)21-13(14)3/h10-11H,4-9H2,1-3H3,(H,17,20). The summed E-state index contributed by atoms with van der Waals surface area (Å²) in [6.07, 6.45) is 2.51. The van der Waals surface area contributed by atoms with Gasteiger partial charge in [-0.15, -0.1) is 0 Å². The van der Waals surface area contributed by atoms with Gasteiger partial charge in [-0.1, -0.05) is 6.92 Å². The predicted molar refractivity (Wildman–Crippen MR) is 80.1 cm³/mol. The van der Waals surface area contributed by atoms with Gasteiger partial charge in [0.1, 0.15) is 11.5 Å². The number of likely N-dealkylation sites (tertiary alicyclic amines) is 1. The number of nitrogens with one attached hydrogen (secondary N) is 1. The maximum atomic E-state index is 12.0. The molecule has 21 heavy (non-hydrogen) atoms. The zero-order valence-electron chi connectivity index (χ0n) is 13.1. The summed E-state index contributed by atoms with van der Waals surface area (Å²) in [7, 11) is 0. The fourth-order valence-corrected chi connectivity index (χ4v) is 2.65. The van der Waals surface area contributed by atoms with Gasteiger partial charge in [0.2, 0.25) is 5.91 Å². The van der Waals surface area contributed by atoms with Gasteiger partial charge in [-0.05, 0) is 38.7 Å². The first-order valence-corrected chi connectivity index (χ1v) is 7.60. The van der Waals surface area contributed by atoms with Crippen LogP contribution in [0.25, 0.3) is 0 Å². The highest BCUT2D eigenvalue weighted by molar-refractivity contribution is 5.95. The number of carbonyl (C=O) groups is 2. The minimum absolute atomic E-state index is 0.127. The average Bonchev–Trinajstić information content (AvgIpc) is 2.78. The van der Waals surface area contributed by atoms with E-state index in [1.807, 2.05) is 11.8 Å². The summed E-state index contributed by atoms with van der Waals surface area (Å²) in [5, 5.41) is 2.79. The molecule has 0 bridgehead atoms. The molecule has 0 radical (unpaired) electrons. The Morgan fingerprint density at radius 1 is 1.33 bits per heavy atom. The van der Waals surface area contributed by atoms with Gasteiger partial charge >= 0.3 is 0 Å². The Hall–Kier alpha value is -1.78. The molecule has 1 saturated heterocycles. The van der Waals surface area contributed by atoms with Crippen molar-refractivity contribution in [1.82, 2.24) is 10.2 Å². The molecule has 2 rings (SSSR count). The molecule has 0 spiro atoms. The zero-order chi connectivity index (χ0) is 15.4. The Labute approximate surface area is 125 Å². The molecule has 2 heterocycles. The average molecular weight is 292 g/mol. The monoisotopic (exact) mass is 292 g/mol. The minimum atomic E-state index is -0.176. The molecule has 116 valence electrons. The first-order valence-electron chi connectivity index (χ1n) is 7.60. The van der Waals surface area contributed by atoms with E-state index in [0.717, 1.165) is 31.7 Å². The van der Waals surface area contributed by atoms with Crippen LogP contribution in [0.5, 0.6) is 0 Å². The maximum absolute atomic E-state index is 12.0. The van der Waals surface area contributed by atoms with Gasteiger partial charge in [0.25, 0.3) is 5.91 Å². The SMILES string of the molecule is Cc1cc(C(=O)NCCC(=O)N2CCC(C)CC2)c(C)o1. The van der Waals surface area contributed by atoms with Crippen molar-refractivity contribution in [1.29, 1.82) is 0 Å². The number of amides is 2. The van der Waals surface area contributed by atoms with Gasteiger partial charge in [0.15, 0.2) is 0 Å². The number of rotatable bonds is 4. The normalized spacial score (nSPS) is 16.0. The van der Waals surface area contributed by atoms with E-state index in [4.69, 9.17) is 4.42 Å². The van der Waals surface area contributed by atoms with Crippen LogP contribution in [0.3, 0.4) is 0 Å². The summed E-state index contributed by atoms with van der Waals surface area (Å²) in [6.45, 7) is 7.85. The Morgan fingerprint density at radius 3 is 2.57 bits per heavy atom. The molecule has 0 unspecified atom stereocenters. The van der Waals surface area contributed by atoms with Gasteiger partial charge < -0.3 is 14.6 Å². The molecule has 1 N–H and O–H groups in total. The lowest BCUT2D eigenvalue weighted by Gasteiger charge is -2.30. The minimum Gasteiger partial charge on any atom is -0.466 e. The second-order valence-corrected chi connectivity index (χ2v) is 5.90. The molecule has 1 aromatic heterocycles. The first-order chi connectivity index (χ1) is 9.97. The van der Waals surface area contributed by atoms with Crippen LogP contribution in [-0.2, 0) is 4.79 Å². The number of hydrogen-bond donors (Lipinski definition) is 1. The van der Waals surface area contributed by atoms with E-state index in [2.05, 4.69) is 12.2 Å². The highest BCUT2D eigenvalue weighted by atomic mass is 16.3. The van der Waals surface area contributed by atoms with Crippen LogP contribution in [-0.4, -0.2) is 36.3 Å². The van der Waals surface area contributed by atoms with E-state index in [0.29, 0.717) is 30.2 Å². The Bertz CT molecular complexity index is 514. The molecule has 2 amide bonds.